The van der Waals surface area contributed by atoms with Gasteiger partial charge in [0.2, 0.25) is 0 Å². The summed E-state index contributed by atoms with van der Waals surface area (Å²) in [6.45, 7) is 10.2. The van der Waals surface area contributed by atoms with E-state index in [0.29, 0.717) is 6.42 Å². The molecule has 0 atom stereocenters. The molecule has 0 saturated heterocycles. The number of carbonyl (C=O) groups excluding carboxylic acids is 1. The van der Waals surface area contributed by atoms with Crippen LogP contribution >= 0.6 is 0 Å². The third kappa shape index (κ3) is 8.71. The molecule has 3 aromatic rings. The highest BCUT2D eigenvalue weighted by Gasteiger charge is 2.14. The van der Waals surface area contributed by atoms with Crippen molar-refractivity contribution >= 4 is 5.78 Å². The minimum absolute atomic E-state index is 0.249. The molecule has 7 nitrogen and oxygen atoms in total. The number of imidazole rings is 2. The second-order valence-corrected chi connectivity index (χ2v) is 9.83. The predicted octanol–water partition coefficient (Wildman–Crippen LogP) is 5.22. The number of rotatable bonds is 17. The monoisotopic (exact) mass is 492 g/mol. The highest BCUT2D eigenvalue weighted by atomic mass is 16.1. The van der Waals surface area contributed by atoms with E-state index in [-0.39, 0.29) is 5.78 Å². The van der Waals surface area contributed by atoms with E-state index in [9.17, 15) is 4.79 Å². The Bertz CT molecular complexity index is 990. The Morgan fingerprint density at radius 3 is 1.83 bits per heavy atom. The number of hydrogen-bond donors (Lipinski definition) is 0. The van der Waals surface area contributed by atoms with Gasteiger partial charge in [-0.3, -0.25) is 9.69 Å². The smallest absolute Gasteiger partial charge is 0.162 e. The summed E-state index contributed by atoms with van der Waals surface area (Å²) in [5.41, 5.74) is 2.00. The van der Waals surface area contributed by atoms with Gasteiger partial charge in [0.25, 0.3) is 0 Å². The van der Waals surface area contributed by atoms with Crippen LogP contribution in [0.15, 0.2) is 49.1 Å². The number of ketones is 1. The second-order valence-electron chi connectivity index (χ2n) is 9.83. The van der Waals surface area contributed by atoms with Gasteiger partial charge in [-0.25, -0.2) is 9.97 Å². The molecule has 0 saturated carbocycles. The van der Waals surface area contributed by atoms with Crippen LogP contribution in [-0.2, 0) is 33.7 Å². The lowest BCUT2D eigenvalue weighted by Gasteiger charge is -2.22. The summed E-state index contributed by atoms with van der Waals surface area (Å²) in [5.74, 6) is 2.28. The zero-order chi connectivity index (χ0) is 25.8. The van der Waals surface area contributed by atoms with Crippen molar-refractivity contribution in [3.05, 3.63) is 71.8 Å². The van der Waals surface area contributed by atoms with Crippen LogP contribution in [0.4, 0.5) is 0 Å². The number of unbranched alkanes of at least 4 members (excludes halogenated alkanes) is 2. The van der Waals surface area contributed by atoms with Gasteiger partial charge in [0, 0.05) is 57.4 Å². The molecular weight excluding hydrogens is 448 g/mol. The molecule has 0 radical (unpaired) electrons. The van der Waals surface area contributed by atoms with E-state index in [1.807, 2.05) is 51.0 Å². The van der Waals surface area contributed by atoms with Crippen molar-refractivity contribution in [1.29, 1.82) is 0 Å². The van der Waals surface area contributed by atoms with Gasteiger partial charge in [0.05, 0.1) is 13.1 Å². The van der Waals surface area contributed by atoms with E-state index < -0.39 is 0 Å². The first kappa shape index (κ1) is 27.8. The lowest BCUT2D eigenvalue weighted by Crippen LogP contribution is -2.26. The quantitative estimate of drug-likeness (QED) is 0.191. The summed E-state index contributed by atoms with van der Waals surface area (Å²) < 4.78 is 4.11. The Morgan fingerprint density at radius 2 is 1.33 bits per heavy atom. The van der Waals surface area contributed by atoms with E-state index in [1.165, 1.54) is 37.9 Å². The number of Topliss-reactive ketones (excluding diaryl/α,β-unsaturated/α-hetero) is 1. The molecule has 0 amide bonds. The molecule has 0 bridgehead atoms. The topological polar surface area (TPSA) is 59.2 Å². The molecule has 0 unspecified atom stereocenters. The van der Waals surface area contributed by atoms with Gasteiger partial charge < -0.3 is 14.0 Å². The lowest BCUT2D eigenvalue weighted by atomic mass is 10.0. The van der Waals surface area contributed by atoms with Gasteiger partial charge in [-0.05, 0) is 50.9 Å². The van der Waals surface area contributed by atoms with Crippen molar-refractivity contribution in [2.24, 2.45) is 14.1 Å². The molecule has 0 aliphatic heterocycles. The van der Waals surface area contributed by atoms with Crippen LogP contribution < -0.4 is 0 Å². The fourth-order valence-electron chi connectivity index (χ4n) is 4.63. The van der Waals surface area contributed by atoms with Crippen LogP contribution in [0.5, 0.6) is 0 Å². The molecular formula is C29H44N6O. The van der Waals surface area contributed by atoms with E-state index in [4.69, 9.17) is 0 Å². The van der Waals surface area contributed by atoms with Crippen LogP contribution in [0.1, 0.15) is 79.9 Å². The zero-order valence-electron chi connectivity index (χ0n) is 22.7. The first-order valence-corrected chi connectivity index (χ1v) is 13.5. The van der Waals surface area contributed by atoms with E-state index in [1.54, 1.807) is 0 Å². The fourth-order valence-corrected chi connectivity index (χ4v) is 4.63. The average Bonchev–Trinajstić information content (AvgIpc) is 3.46. The molecule has 0 aliphatic rings. The molecule has 196 valence electrons. The van der Waals surface area contributed by atoms with Crippen molar-refractivity contribution in [3.8, 4) is 0 Å². The number of hydrogen-bond acceptors (Lipinski definition) is 5. The third-order valence-corrected chi connectivity index (χ3v) is 6.71. The van der Waals surface area contributed by atoms with Crippen LogP contribution in [0.25, 0.3) is 0 Å². The Balaban J connectivity index is 1.50. The first-order chi connectivity index (χ1) is 17.5. The van der Waals surface area contributed by atoms with Crippen molar-refractivity contribution in [2.45, 2.75) is 72.0 Å². The fraction of sp³-hybridized carbons (Fsp3) is 0.552. The van der Waals surface area contributed by atoms with Gasteiger partial charge in [0.15, 0.2) is 5.78 Å². The van der Waals surface area contributed by atoms with Gasteiger partial charge in [-0.1, -0.05) is 44.5 Å². The summed E-state index contributed by atoms with van der Waals surface area (Å²) in [5, 5.41) is 0. The number of aromatic nitrogens is 4. The van der Waals surface area contributed by atoms with Crippen molar-refractivity contribution < 1.29 is 4.79 Å². The molecule has 36 heavy (non-hydrogen) atoms. The normalized spacial score (nSPS) is 11.6. The van der Waals surface area contributed by atoms with E-state index in [0.717, 1.165) is 56.2 Å². The molecule has 0 spiro atoms. The molecule has 0 N–H and O–H groups in total. The number of benzene rings is 1. The summed E-state index contributed by atoms with van der Waals surface area (Å²) in [6, 6.07) is 8.15. The van der Waals surface area contributed by atoms with Crippen molar-refractivity contribution in [3.63, 3.8) is 0 Å². The van der Waals surface area contributed by atoms with Crippen LogP contribution in [-0.4, -0.2) is 54.3 Å². The standard InChI is InChI=1S/C29H44N6O/c1-5-17-34(18-6-2)19-9-7-8-10-27(36)26-13-11-25(12-14-26)22-35(23-28-30-15-20-32(28)3)24-29-31-16-21-33(29)4/h11-16,20-21H,5-10,17-19,22-24H2,1-4H3. The van der Waals surface area contributed by atoms with Crippen molar-refractivity contribution in [2.75, 3.05) is 19.6 Å². The number of carbonyl (C=O) groups is 1. The zero-order valence-corrected chi connectivity index (χ0v) is 22.7. The predicted molar refractivity (Wildman–Crippen MR) is 146 cm³/mol. The van der Waals surface area contributed by atoms with Crippen molar-refractivity contribution in [1.82, 2.24) is 28.9 Å². The maximum atomic E-state index is 12.7. The Hall–Kier alpha value is -2.77. The molecule has 1 aromatic carbocycles. The third-order valence-electron chi connectivity index (χ3n) is 6.71. The Morgan fingerprint density at radius 1 is 0.750 bits per heavy atom. The summed E-state index contributed by atoms with van der Waals surface area (Å²) in [6.07, 6.45) is 13.9. The maximum Gasteiger partial charge on any atom is 0.162 e. The first-order valence-electron chi connectivity index (χ1n) is 13.5. The SMILES string of the molecule is CCCN(CCC)CCCCCC(=O)c1ccc(CN(Cc2nccn2C)Cc2nccn2C)cc1. The highest BCUT2D eigenvalue weighted by molar-refractivity contribution is 5.96. The minimum atomic E-state index is 0.249. The van der Waals surface area contributed by atoms with Crippen LogP contribution in [0.3, 0.4) is 0 Å². The van der Waals surface area contributed by atoms with E-state index in [2.05, 4.69) is 54.9 Å². The molecule has 0 aliphatic carbocycles. The molecule has 0 fully saturated rings. The summed E-state index contributed by atoms with van der Waals surface area (Å²) in [4.78, 5) is 26.6. The second kappa shape index (κ2) is 14.7. The van der Waals surface area contributed by atoms with Crippen LogP contribution in [0, 0.1) is 0 Å². The van der Waals surface area contributed by atoms with Gasteiger partial charge in [0.1, 0.15) is 11.6 Å². The molecule has 7 heteroatoms. The van der Waals surface area contributed by atoms with Gasteiger partial charge in [-0.15, -0.1) is 0 Å². The Labute approximate surface area is 217 Å². The molecule has 2 heterocycles. The van der Waals surface area contributed by atoms with Gasteiger partial charge in [-0.2, -0.15) is 0 Å². The van der Waals surface area contributed by atoms with Gasteiger partial charge >= 0.3 is 0 Å². The molecule has 3 rings (SSSR count). The maximum absolute atomic E-state index is 12.7. The largest absolute Gasteiger partial charge is 0.337 e. The van der Waals surface area contributed by atoms with Crippen LogP contribution in [0.2, 0.25) is 0 Å². The van der Waals surface area contributed by atoms with E-state index >= 15 is 0 Å². The minimum Gasteiger partial charge on any atom is -0.337 e. The Kier molecular flexibility index (Phi) is 11.4. The lowest BCUT2D eigenvalue weighted by molar-refractivity contribution is 0.0978. The number of nitrogens with zero attached hydrogens (tertiary/aromatic N) is 6. The average molecular weight is 493 g/mol. The summed E-state index contributed by atoms with van der Waals surface area (Å²) >= 11 is 0. The highest BCUT2D eigenvalue weighted by Crippen LogP contribution is 2.15. The number of aryl methyl sites for hydroxylation is 2. The molecule has 2 aromatic heterocycles. The summed E-state index contributed by atoms with van der Waals surface area (Å²) in [7, 11) is 4.04.